The Kier molecular flexibility index (Phi) is 7.48. The maximum Gasteiger partial charge on any atom is 0.328 e. The summed E-state index contributed by atoms with van der Waals surface area (Å²) in [4.78, 5) is 23.8. The lowest BCUT2D eigenvalue weighted by molar-refractivity contribution is -0.145. The van der Waals surface area contributed by atoms with E-state index < -0.39 is 18.1 Å². The van der Waals surface area contributed by atoms with Crippen molar-refractivity contribution in [2.75, 3.05) is 12.4 Å². The van der Waals surface area contributed by atoms with E-state index >= 15 is 0 Å². The molecular weight excluding hydrogens is 327 g/mol. The lowest BCUT2D eigenvalue weighted by Crippen LogP contribution is -2.47. The Hall–Kier alpha value is -1.46. The van der Waals surface area contributed by atoms with Gasteiger partial charge in [0.2, 0.25) is 5.91 Å². The van der Waals surface area contributed by atoms with E-state index in [2.05, 4.69) is 15.4 Å². The van der Waals surface area contributed by atoms with E-state index in [9.17, 15) is 9.59 Å². The molecule has 0 heterocycles. The van der Waals surface area contributed by atoms with E-state index in [1.165, 1.54) is 7.11 Å². The fourth-order valence-corrected chi connectivity index (χ4v) is 2.18. The zero-order valence-corrected chi connectivity index (χ0v) is 14.3. The number of carbonyl (C=O) groups excluding carboxylic acids is 2. The van der Waals surface area contributed by atoms with Crippen LogP contribution < -0.4 is 10.6 Å². The molecule has 1 aromatic carbocycles. The third-order valence-electron chi connectivity index (χ3n) is 3.08. The van der Waals surface area contributed by atoms with Crippen molar-refractivity contribution in [1.29, 1.82) is 0 Å². The second kappa shape index (κ2) is 8.86. The van der Waals surface area contributed by atoms with E-state index in [1.54, 1.807) is 25.1 Å². The number of carbonyl (C=O) groups is 2. The van der Waals surface area contributed by atoms with Crippen LogP contribution in [0.4, 0.5) is 5.69 Å². The quantitative estimate of drug-likeness (QED) is 0.743. The van der Waals surface area contributed by atoms with E-state index in [1.807, 2.05) is 6.92 Å². The highest BCUT2D eigenvalue weighted by molar-refractivity contribution is 6.42. The lowest BCUT2D eigenvalue weighted by atomic mass is 10.1. The Morgan fingerprint density at radius 3 is 2.50 bits per heavy atom. The van der Waals surface area contributed by atoms with Crippen molar-refractivity contribution < 1.29 is 14.3 Å². The highest BCUT2D eigenvalue weighted by Gasteiger charge is 2.23. The summed E-state index contributed by atoms with van der Waals surface area (Å²) in [5.41, 5.74) is 0.669. The first-order chi connectivity index (χ1) is 10.4. The Labute approximate surface area is 140 Å². The van der Waals surface area contributed by atoms with Gasteiger partial charge in [0.1, 0.15) is 12.1 Å². The average Bonchev–Trinajstić information content (AvgIpc) is 2.49. The molecule has 0 aliphatic carbocycles. The zero-order valence-electron chi connectivity index (χ0n) is 12.8. The maximum absolute atomic E-state index is 12.2. The molecule has 0 aliphatic heterocycles. The summed E-state index contributed by atoms with van der Waals surface area (Å²) in [6, 6.07) is 3.83. The molecule has 0 radical (unpaired) electrons. The summed E-state index contributed by atoms with van der Waals surface area (Å²) >= 11 is 11.8. The zero-order chi connectivity index (χ0) is 16.7. The molecule has 2 atom stereocenters. The van der Waals surface area contributed by atoms with Gasteiger partial charge >= 0.3 is 5.97 Å². The van der Waals surface area contributed by atoms with Gasteiger partial charge in [-0.05, 0) is 31.5 Å². The number of rotatable bonds is 7. The van der Waals surface area contributed by atoms with Crippen LogP contribution in [-0.4, -0.2) is 31.1 Å². The minimum Gasteiger partial charge on any atom is -0.467 e. The molecule has 1 rings (SSSR count). The summed E-state index contributed by atoms with van der Waals surface area (Å²) in [7, 11) is 1.30. The van der Waals surface area contributed by atoms with Crippen LogP contribution >= 0.6 is 23.2 Å². The van der Waals surface area contributed by atoms with Gasteiger partial charge in [-0.25, -0.2) is 4.79 Å². The van der Waals surface area contributed by atoms with E-state index in [0.717, 1.165) is 6.42 Å². The van der Waals surface area contributed by atoms with Crippen LogP contribution in [0.1, 0.15) is 26.7 Å². The molecule has 0 aliphatic rings. The summed E-state index contributed by atoms with van der Waals surface area (Å²) in [6.45, 7) is 3.62. The van der Waals surface area contributed by atoms with E-state index in [4.69, 9.17) is 23.2 Å². The van der Waals surface area contributed by atoms with Crippen molar-refractivity contribution >= 4 is 40.8 Å². The van der Waals surface area contributed by atoms with Crippen LogP contribution in [-0.2, 0) is 14.3 Å². The number of esters is 1. The molecule has 0 saturated carbocycles. The van der Waals surface area contributed by atoms with Crippen LogP contribution in [0.2, 0.25) is 10.0 Å². The van der Waals surface area contributed by atoms with Gasteiger partial charge < -0.3 is 15.4 Å². The van der Waals surface area contributed by atoms with Crippen LogP contribution in [0.25, 0.3) is 0 Å². The Morgan fingerprint density at radius 2 is 1.95 bits per heavy atom. The molecule has 0 bridgehead atoms. The van der Waals surface area contributed by atoms with Gasteiger partial charge in [0.05, 0.1) is 17.2 Å². The van der Waals surface area contributed by atoms with Crippen LogP contribution in [0.5, 0.6) is 0 Å². The molecule has 0 fully saturated rings. The van der Waals surface area contributed by atoms with E-state index in [-0.39, 0.29) is 5.91 Å². The first-order valence-corrected chi connectivity index (χ1v) is 7.74. The molecule has 0 aromatic heterocycles. The lowest BCUT2D eigenvalue weighted by Gasteiger charge is -2.20. The minimum atomic E-state index is -0.638. The molecule has 22 heavy (non-hydrogen) atoms. The van der Waals surface area contributed by atoms with Crippen molar-refractivity contribution in [2.45, 2.75) is 38.8 Å². The molecule has 122 valence electrons. The molecule has 5 nitrogen and oxygen atoms in total. The molecular formula is C15H20Cl2N2O3. The molecule has 1 aromatic rings. The predicted molar refractivity (Wildman–Crippen MR) is 88.4 cm³/mol. The molecule has 0 unspecified atom stereocenters. The van der Waals surface area contributed by atoms with Gasteiger partial charge in [-0.2, -0.15) is 0 Å². The highest BCUT2D eigenvalue weighted by Crippen LogP contribution is 2.25. The third kappa shape index (κ3) is 5.39. The average molecular weight is 347 g/mol. The van der Waals surface area contributed by atoms with Gasteiger partial charge in [0.25, 0.3) is 0 Å². The topological polar surface area (TPSA) is 67.4 Å². The van der Waals surface area contributed by atoms with Crippen molar-refractivity contribution in [2.24, 2.45) is 0 Å². The van der Waals surface area contributed by atoms with E-state index in [0.29, 0.717) is 22.2 Å². The molecule has 7 heteroatoms. The predicted octanol–water partition coefficient (Wildman–Crippen LogP) is 3.25. The van der Waals surface area contributed by atoms with Crippen LogP contribution in [0, 0.1) is 0 Å². The minimum absolute atomic E-state index is 0.296. The molecule has 0 spiro atoms. The van der Waals surface area contributed by atoms with Gasteiger partial charge in [0, 0.05) is 5.69 Å². The molecule has 2 N–H and O–H groups in total. The SMILES string of the molecule is CCC[C@H](NC(=O)[C@H](C)Nc1ccc(Cl)c(Cl)c1)C(=O)OC. The number of methoxy groups -OCH3 is 1. The first-order valence-electron chi connectivity index (χ1n) is 6.98. The summed E-state index contributed by atoms with van der Waals surface area (Å²) in [6.07, 6.45) is 1.28. The highest BCUT2D eigenvalue weighted by atomic mass is 35.5. The van der Waals surface area contributed by atoms with Crippen molar-refractivity contribution in [3.8, 4) is 0 Å². The Morgan fingerprint density at radius 1 is 1.27 bits per heavy atom. The monoisotopic (exact) mass is 346 g/mol. The van der Waals surface area contributed by atoms with Gasteiger partial charge in [-0.15, -0.1) is 0 Å². The number of halogens is 2. The summed E-state index contributed by atoms with van der Waals surface area (Å²) in [5.74, 6) is -0.744. The number of anilines is 1. The van der Waals surface area contributed by atoms with Gasteiger partial charge in [-0.1, -0.05) is 36.5 Å². The molecule has 0 saturated heterocycles. The number of benzene rings is 1. The standard InChI is InChI=1S/C15H20Cl2N2O3/c1-4-5-13(15(21)22-3)19-14(20)9(2)18-10-6-7-11(16)12(17)8-10/h6-9,13,18H,4-5H2,1-3H3,(H,19,20)/t9-,13-/m0/s1. The van der Waals surface area contributed by atoms with Crippen molar-refractivity contribution in [3.05, 3.63) is 28.2 Å². The van der Waals surface area contributed by atoms with Crippen molar-refractivity contribution in [1.82, 2.24) is 5.32 Å². The fraction of sp³-hybridized carbons (Fsp3) is 0.467. The fourth-order valence-electron chi connectivity index (χ4n) is 1.88. The van der Waals surface area contributed by atoms with Crippen LogP contribution in [0.3, 0.4) is 0 Å². The van der Waals surface area contributed by atoms with Gasteiger partial charge in [0.15, 0.2) is 0 Å². The number of nitrogens with one attached hydrogen (secondary N) is 2. The maximum atomic E-state index is 12.2. The Bertz CT molecular complexity index is 538. The number of hydrogen-bond donors (Lipinski definition) is 2. The second-order valence-electron chi connectivity index (χ2n) is 4.87. The smallest absolute Gasteiger partial charge is 0.328 e. The largest absolute Gasteiger partial charge is 0.467 e. The summed E-state index contributed by atoms with van der Waals surface area (Å²) < 4.78 is 4.69. The first kappa shape index (κ1) is 18.6. The number of amides is 1. The normalized spacial score (nSPS) is 13.1. The van der Waals surface area contributed by atoms with Crippen molar-refractivity contribution in [3.63, 3.8) is 0 Å². The second-order valence-corrected chi connectivity index (χ2v) is 5.68. The van der Waals surface area contributed by atoms with Gasteiger partial charge in [-0.3, -0.25) is 4.79 Å². The van der Waals surface area contributed by atoms with Crippen LogP contribution in [0.15, 0.2) is 18.2 Å². The molecule has 1 amide bonds. The summed E-state index contributed by atoms with van der Waals surface area (Å²) in [5, 5.41) is 6.53. The Balaban J connectivity index is 2.67. The number of hydrogen-bond acceptors (Lipinski definition) is 4. The third-order valence-corrected chi connectivity index (χ3v) is 3.81. The number of ether oxygens (including phenoxy) is 1.